The lowest BCUT2D eigenvalue weighted by Crippen LogP contribution is -2.39. The number of alkyl halides is 1. The first-order valence-electron chi connectivity index (χ1n) is 6.51. The Morgan fingerprint density at radius 3 is 3.11 bits per heavy atom. The number of methoxy groups -OCH3 is 1. The molecule has 0 aromatic heterocycles. The van der Waals surface area contributed by atoms with Gasteiger partial charge in [-0.2, -0.15) is 0 Å². The van der Waals surface area contributed by atoms with Crippen molar-refractivity contribution in [1.82, 2.24) is 10.6 Å². The fourth-order valence-corrected chi connectivity index (χ4v) is 2.42. The minimum absolute atomic E-state index is 0.0292. The largest absolute Gasteiger partial charge is 0.497 e. The highest BCUT2D eigenvalue weighted by Gasteiger charge is 2.22. The Hall–Kier alpha value is -1.78. The number of nitrogens with one attached hydrogen (secondary N) is 2. The van der Waals surface area contributed by atoms with E-state index in [9.17, 15) is 9.18 Å². The van der Waals surface area contributed by atoms with Crippen LogP contribution in [0.4, 0.5) is 9.18 Å². The first kappa shape index (κ1) is 13.6. The molecule has 2 amide bonds. The number of carbonyl (C=O) groups excluding carboxylic acids is 1. The second kappa shape index (κ2) is 6.41. The van der Waals surface area contributed by atoms with Crippen LogP contribution in [-0.4, -0.2) is 26.4 Å². The molecule has 0 bridgehead atoms. The number of amides is 2. The normalized spacial score (nSPS) is 17.5. The van der Waals surface area contributed by atoms with Crippen molar-refractivity contribution in [3.8, 4) is 5.75 Å². The van der Waals surface area contributed by atoms with Gasteiger partial charge in [0.2, 0.25) is 0 Å². The number of fused-ring (bicyclic) bond motifs is 1. The van der Waals surface area contributed by atoms with E-state index in [1.165, 1.54) is 5.56 Å². The maximum atomic E-state index is 12.0. The van der Waals surface area contributed by atoms with E-state index >= 15 is 0 Å². The van der Waals surface area contributed by atoms with Crippen LogP contribution in [0.3, 0.4) is 0 Å². The van der Waals surface area contributed by atoms with Crippen molar-refractivity contribution in [1.29, 1.82) is 0 Å². The summed E-state index contributed by atoms with van der Waals surface area (Å²) in [6, 6.07) is 5.59. The molecule has 4 nitrogen and oxygen atoms in total. The zero-order valence-electron chi connectivity index (χ0n) is 11.0. The summed E-state index contributed by atoms with van der Waals surface area (Å²) in [6.07, 6.45) is 2.94. The predicted octanol–water partition coefficient (Wildman–Crippen LogP) is 2.34. The lowest BCUT2D eigenvalue weighted by atomic mass is 9.87. The standard InChI is InChI=1S/C14H19FN2O2/c1-19-11-6-5-10-3-2-4-13(12(10)9-11)17-14(18)16-8-7-15/h5-6,9,13H,2-4,7-8H2,1H3,(H2,16,17,18). The molecule has 0 heterocycles. The number of urea groups is 1. The molecule has 2 N–H and O–H groups in total. The van der Waals surface area contributed by atoms with Crippen molar-refractivity contribution >= 4 is 6.03 Å². The fourth-order valence-electron chi connectivity index (χ4n) is 2.42. The lowest BCUT2D eigenvalue weighted by Gasteiger charge is -2.26. The van der Waals surface area contributed by atoms with E-state index in [-0.39, 0.29) is 18.6 Å². The molecule has 1 aliphatic rings. The second-order valence-corrected chi connectivity index (χ2v) is 4.60. The lowest BCUT2D eigenvalue weighted by molar-refractivity contribution is 0.234. The highest BCUT2D eigenvalue weighted by atomic mass is 19.1. The Bertz CT molecular complexity index is 451. The number of halogens is 1. The quantitative estimate of drug-likeness (QED) is 0.879. The molecule has 1 aromatic carbocycles. The van der Waals surface area contributed by atoms with Crippen molar-refractivity contribution in [3.05, 3.63) is 29.3 Å². The monoisotopic (exact) mass is 266 g/mol. The van der Waals surface area contributed by atoms with E-state index in [0.29, 0.717) is 0 Å². The van der Waals surface area contributed by atoms with Gasteiger partial charge in [-0.15, -0.1) is 0 Å². The van der Waals surface area contributed by atoms with Gasteiger partial charge in [-0.1, -0.05) is 6.07 Å². The predicted molar refractivity (Wildman–Crippen MR) is 71.2 cm³/mol. The van der Waals surface area contributed by atoms with Crippen LogP contribution >= 0.6 is 0 Å². The van der Waals surface area contributed by atoms with Gasteiger partial charge in [-0.25, -0.2) is 9.18 Å². The second-order valence-electron chi connectivity index (χ2n) is 4.60. The summed E-state index contributed by atoms with van der Waals surface area (Å²) in [6.45, 7) is -0.508. The summed E-state index contributed by atoms with van der Waals surface area (Å²) >= 11 is 0. The van der Waals surface area contributed by atoms with Crippen LogP contribution in [0.1, 0.15) is 30.0 Å². The van der Waals surface area contributed by atoms with Gasteiger partial charge >= 0.3 is 6.03 Å². The molecule has 5 heteroatoms. The Morgan fingerprint density at radius 2 is 2.37 bits per heavy atom. The molecule has 0 fully saturated rings. The van der Waals surface area contributed by atoms with E-state index < -0.39 is 6.67 Å². The van der Waals surface area contributed by atoms with Crippen LogP contribution in [0.15, 0.2) is 18.2 Å². The fraction of sp³-hybridized carbons (Fsp3) is 0.500. The summed E-state index contributed by atoms with van der Waals surface area (Å²) in [5.74, 6) is 0.789. The molecule has 1 atom stereocenters. The molecular weight excluding hydrogens is 247 g/mol. The van der Waals surface area contributed by atoms with E-state index in [1.807, 2.05) is 18.2 Å². The summed E-state index contributed by atoms with van der Waals surface area (Å²) < 4.78 is 17.2. The molecule has 104 valence electrons. The topological polar surface area (TPSA) is 50.4 Å². The number of aryl methyl sites for hydroxylation is 1. The van der Waals surface area contributed by atoms with Crippen LogP contribution in [0.5, 0.6) is 5.75 Å². The van der Waals surface area contributed by atoms with Gasteiger partial charge in [-0.05, 0) is 42.5 Å². The first-order valence-corrected chi connectivity index (χ1v) is 6.51. The van der Waals surface area contributed by atoms with Gasteiger partial charge in [0.05, 0.1) is 13.2 Å². The number of hydrogen-bond acceptors (Lipinski definition) is 2. The molecule has 1 unspecified atom stereocenters. The summed E-state index contributed by atoms with van der Waals surface area (Å²) in [5.41, 5.74) is 2.34. The van der Waals surface area contributed by atoms with E-state index in [4.69, 9.17) is 4.74 Å². The van der Waals surface area contributed by atoms with E-state index in [2.05, 4.69) is 10.6 Å². The van der Waals surface area contributed by atoms with Crippen molar-refractivity contribution in [3.63, 3.8) is 0 Å². The first-order chi connectivity index (χ1) is 9.24. The van der Waals surface area contributed by atoms with Crippen molar-refractivity contribution in [2.24, 2.45) is 0 Å². The molecular formula is C14H19FN2O2. The SMILES string of the molecule is COc1ccc2c(c1)C(NC(=O)NCCF)CCC2. The summed E-state index contributed by atoms with van der Waals surface area (Å²) in [5, 5.41) is 5.37. The van der Waals surface area contributed by atoms with Gasteiger partial charge < -0.3 is 15.4 Å². The molecule has 19 heavy (non-hydrogen) atoms. The van der Waals surface area contributed by atoms with Crippen LogP contribution < -0.4 is 15.4 Å². The molecule has 0 spiro atoms. The zero-order valence-corrected chi connectivity index (χ0v) is 11.0. The van der Waals surface area contributed by atoms with Crippen LogP contribution in [0, 0.1) is 0 Å². The van der Waals surface area contributed by atoms with Gasteiger partial charge in [0.25, 0.3) is 0 Å². The summed E-state index contributed by atoms with van der Waals surface area (Å²) in [7, 11) is 1.63. The minimum Gasteiger partial charge on any atom is -0.497 e. The van der Waals surface area contributed by atoms with Gasteiger partial charge in [0.15, 0.2) is 0 Å². The Labute approximate surface area is 112 Å². The highest BCUT2D eigenvalue weighted by molar-refractivity contribution is 5.74. The Morgan fingerprint density at radius 1 is 1.53 bits per heavy atom. The van der Waals surface area contributed by atoms with Crippen LogP contribution in [0.25, 0.3) is 0 Å². The van der Waals surface area contributed by atoms with Gasteiger partial charge in [0, 0.05) is 6.54 Å². The third kappa shape index (κ3) is 3.36. The molecule has 1 aliphatic carbocycles. The number of ether oxygens (including phenoxy) is 1. The van der Waals surface area contributed by atoms with Crippen LogP contribution in [-0.2, 0) is 6.42 Å². The Balaban J connectivity index is 2.10. The molecule has 0 aliphatic heterocycles. The average molecular weight is 266 g/mol. The van der Waals surface area contributed by atoms with E-state index in [1.54, 1.807) is 7.11 Å². The molecule has 0 radical (unpaired) electrons. The van der Waals surface area contributed by atoms with Crippen molar-refractivity contribution in [2.45, 2.75) is 25.3 Å². The molecule has 0 saturated heterocycles. The number of rotatable bonds is 4. The van der Waals surface area contributed by atoms with E-state index in [0.717, 1.165) is 30.6 Å². The molecule has 2 rings (SSSR count). The van der Waals surface area contributed by atoms with Gasteiger partial charge in [0.1, 0.15) is 12.4 Å². The maximum absolute atomic E-state index is 12.0. The number of hydrogen-bond donors (Lipinski definition) is 2. The third-order valence-corrected chi connectivity index (χ3v) is 3.35. The third-order valence-electron chi connectivity index (χ3n) is 3.35. The maximum Gasteiger partial charge on any atom is 0.315 e. The summed E-state index contributed by atoms with van der Waals surface area (Å²) in [4.78, 5) is 11.6. The van der Waals surface area contributed by atoms with Crippen molar-refractivity contribution in [2.75, 3.05) is 20.3 Å². The number of carbonyl (C=O) groups is 1. The minimum atomic E-state index is -0.553. The average Bonchev–Trinajstić information content (AvgIpc) is 2.45. The molecule has 1 aromatic rings. The number of benzene rings is 1. The zero-order chi connectivity index (χ0) is 13.7. The van der Waals surface area contributed by atoms with Crippen molar-refractivity contribution < 1.29 is 13.9 Å². The van der Waals surface area contributed by atoms with Gasteiger partial charge in [-0.3, -0.25) is 0 Å². The van der Waals surface area contributed by atoms with Crippen LogP contribution in [0.2, 0.25) is 0 Å². The smallest absolute Gasteiger partial charge is 0.315 e. The Kier molecular flexibility index (Phi) is 4.60. The molecule has 0 saturated carbocycles. The highest BCUT2D eigenvalue weighted by Crippen LogP contribution is 2.32.